The van der Waals surface area contributed by atoms with Crippen molar-refractivity contribution >= 4 is 5.88 Å². The predicted octanol–water partition coefficient (Wildman–Crippen LogP) is 5.18. The molecule has 0 bridgehead atoms. The van der Waals surface area contributed by atoms with Gasteiger partial charge in [-0.3, -0.25) is 4.90 Å². The highest BCUT2D eigenvalue weighted by Crippen LogP contribution is 2.31. The van der Waals surface area contributed by atoms with Crippen molar-refractivity contribution in [3.05, 3.63) is 113 Å². The Bertz CT molecular complexity index is 1260. The summed E-state index contributed by atoms with van der Waals surface area (Å²) in [5.41, 5.74) is 2.71. The summed E-state index contributed by atoms with van der Waals surface area (Å²) in [5, 5.41) is 9.62. The SMILES string of the molecule is N#Cc1nc(COc2ccccc2F)oc1N1CCN(C(c2ccccc2)c2ccccc2)CC1. The van der Waals surface area contributed by atoms with Crippen molar-refractivity contribution in [2.75, 3.05) is 31.1 Å². The van der Waals surface area contributed by atoms with E-state index in [9.17, 15) is 9.65 Å². The van der Waals surface area contributed by atoms with Crippen molar-refractivity contribution in [2.45, 2.75) is 12.6 Å². The lowest BCUT2D eigenvalue weighted by molar-refractivity contribution is 0.207. The van der Waals surface area contributed by atoms with Crippen molar-refractivity contribution in [1.29, 1.82) is 5.26 Å². The van der Waals surface area contributed by atoms with E-state index in [-0.39, 0.29) is 30.0 Å². The molecule has 3 aromatic carbocycles. The first-order valence-electron chi connectivity index (χ1n) is 11.6. The number of para-hydroxylation sites is 1. The average Bonchev–Trinajstić information content (AvgIpc) is 3.33. The van der Waals surface area contributed by atoms with E-state index >= 15 is 0 Å². The van der Waals surface area contributed by atoms with Crippen LogP contribution in [0.2, 0.25) is 0 Å². The molecule has 0 saturated carbocycles. The minimum absolute atomic E-state index is 0.0559. The molecule has 0 unspecified atom stereocenters. The van der Waals surface area contributed by atoms with Gasteiger partial charge in [-0.2, -0.15) is 10.2 Å². The van der Waals surface area contributed by atoms with Gasteiger partial charge in [0.2, 0.25) is 17.5 Å². The molecule has 1 saturated heterocycles. The Balaban J connectivity index is 1.30. The van der Waals surface area contributed by atoms with Gasteiger partial charge in [-0.05, 0) is 23.3 Å². The van der Waals surface area contributed by atoms with Gasteiger partial charge in [0.1, 0.15) is 6.07 Å². The number of aromatic nitrogens is 1. The van der Waals surface area contributed by atoms with Crippen LogP contribution >= 0.6 is 0 Å². The molecule has 0 atom stereocenters. The fraction of sp³-hybridized carbons (Fsp3) is 0.214. The third-order valence-electron chi connectivity index (χ3n) is 6.14. The van der Waals surface area contributed by atoms with E-state index in [2.05, 4.69) is 64.5 Å². The van der Waals surface area contributed by atoms with E-state index in [1.54, 1.807) is 18.2 Å². The monoisotopic (exact) mass is 468 g/mol. The number of anilines is 1. The van der Waals surface area contributed by atoms with Crippen LogP contribution in [-0.4, -0.2) is 36.1 Å². The summed E-state index contributed by atoms with van der Waals surface area (Å²) in [6, 6.07) is 29.4. The fourth-order valence-electron chi connectivity index (χ4n) is 4.47. The molecule has 6 nitrogen and oxygen atoms in total. The second kappa shape index (κ2) is 10.4. The van der Waals surface area contributed by atoms with Gasteiger partial charge in [-0.15, -0.1) is 0 Å². The van der Waals surface area contributed by atoms with Gasteiger partial charge < -0.3 is 14.1 Å². The van der Waals surface area contributed by atoms with Crippen LogP contribution in [0.15, 0.2) is 89.3 Å². The Hall–Kier alpha value is -4.15. The zero-order chi connectivity index (χ0) is 24.0. The summed E-state index contributed by atoms with van der Waals surface area (Å²) in [6.45, 7) is 2.91. The third-order valence-corrected chi connectivity index (χ3v) is 6.14. The molecular weight excluding hydrogens is 443 g/mol. The summed E-state index contributed by atoms with van der Waals surface area (Å²) in [4.78, 5) is 8.76. The predicted molar refractivity (Wildman–Crippen MR) is 130 cm³/mol. The van der Waals surface area contributed by atoms with Gasteiger partial charge >= 0.3 is 0 Å². The lowest BCUT2D eigenvalue weighted by Crippen LogP contribution is -2.48. The van der Waals surface area contributed by atoms with Crippen LogP contribution in [0.3, 0.4) is 0 Å². The molecule has 1 aliphatic rings. The van der Waals surface area contributed by atoms with Gasteiger partial charge in [-0.1, -0.05) is 72.8 Å². The third kappa shape index (κ3) is 5.03. The number of rotatable bonds is 7. The standard InChI is InChI=1S/C28H25FN4O2/c29-23-13-7-8-14-25(23)34-20-26-31-24(19-30)28(35-26)33-17-15-32(16-18-33)27(21-9-3-1-4-10-21)22-11-5-2-6-12-22/h1-14,27H,15-18,20H2. The van der Waals surface area contributed by atoms with E-state index in [1.807, 2.05) is 17.0 Å². The summed E-state index contributed by atoms with van der Waals surface area (Å²) in [6.07, 6.45) is 0. The first kappa shape index (κ1) is 22.6. The number of halogens is 1. The zero-order valence-electron chi connectivity index (χ0n) is 19.2. The van der Waals surface area contributed by atoms with E-state index in [0.717, 1.165) is 13.1 Å². The normalized spacial score (nSPS) is 14.1. The Labute approximate surface area is 203 Å². The first-order chi connectivity index (χ1) is 17.2. The van der Waals surface area contributed by atoms with Gasteiger partial charge in [0.25, 0.3) is 0 Å². The Kier molecular flexibility index (Phi) is 6.73. The maximum Gasteiger partial charge on any atom is 0.236 e. The highest BCUT2D eigenvalue weighted by molar-refractivity contribution is 5.48. The van der Waals surface area contributed by atoms with Crippen LogP contribution in [0.5, 0.6) is 5.75 Å². The minimum atomic E-state index is -0.456. The van der Waals surface area contributed by atoms with E-state index in [0.29, 0.717) is 19.0 Å². The number of piperazine rings is 1. The van der Waals surface area contributed by atoms with Crippen molar-refractivity contribution in [2.24, 2.45) is 0 Å². The largest absolute Gasteiger partial charge is 0.481 e. The Morgan fingerprint density at radius 2 is 1.49 bits per heavy atom. The molecule has 2 heterocycles. The maximum atomic E-state index is 13.8. The van der Waals surface area contributed by atoms with Crippen molar-refractivity contribution in [1.82, 2.24) is 9.88 Å². The summed E-state index contributed by atoms with van der Waals surface area (Å²) in [5.74, 6) is 0.346. The molecule has 176 valence electrons. The van der Waals surface area contributed by atoms with E-state index in [1.165, 1.54) is 17.2 Å². The number of hydrogen-bond acceptors (Lipinski definition) is 6. The Morgan fingerprint density at radius 3 is 2.09 bits per heavy atom. The molecule has 7 heteroatoms. The quantitative estimate of drug-likeness (QED) is 0.373. The molecule has 1 aliphatic heterocycles. The molecule has 35 heavy (non-hydrogen) atoms. The number of hydrogen-bond donors (Lipinski definition) is 0. The number of oxazole rings is 1. The van der Waals surface area contributed by atoms with Gasteiger partial charge in [0.05, 0.1) is 6.04 Å². The van der Waals surface area contributed by atoms with Crippen LogP contribution in [0.1, 0.15) is 28.8 Å². The summed E-state index contributed by atoms with van der Waals surface area (Å²) < 4.78 is 25.2. The summed E-state index contributed by atoms with van der Waals surface area (Å²) in [7, 11) is 0. The number of nitrogens with zero attached hydrogens (tertiary/aromatic N) is 4. The molecule has 5 rings (SSSR count). The highest BCUT2D eigenvalue weighted by atomic mass is 19.1. The molecular formula is C28H25FN4O2. The van der Waals surface area contributed by atoms with E-state index in [4.69, 9.17) is 9.15 Å². The molecule has 0 N–H and O–H groups in total. The van der Waals surface area contributed by atoms with Crippen LogP contribution in [0.25, 0.3) is 0 Å². The molecule has 0 radical (unpaired) electrons. The average molecular weight is 469 g/mol. The number of nitriles is 1. The fourth-order valence-corrected chi connectivity index (χ4v) is 4.47. The minimum Gasteiger partial charge on any atom is -0.481 e. The van der Waals surface area contributed by atoms with Crippen LogP contribution in [-0.2, 0) is 6.61 Å². The lowest BCUT2D eigenvalue weighted by atomic mass is 9.96. The van der Waals surface area contributed by atoms with Gasteiger partial charge in [0.15, 0.2) is 18.2 Å². The van der Waals surface area contributed by atoms with Crippen molar-refractivity contribution < 1.29 is 13.5 Å². The van der Waals surface area contributed by atoms with Crippen LogP contribution < -0.4 is 9.64 Å². The molecule has 0 aliphatic carbocycles. The van der Waals surface area contributed by atoms with Crippen LogP contribution in [0, 0.1) is 17.1 Å². The highest BCUT2D eigenvalue weighted by Gasteiger charge is 2.29. The first-order valence-corrected chi connectivity index (χ1v) is 11.6. The molecule has 1 aromatic heterocycles. The topological polar surface area (TPSA) is 65.5 Å². The van der Waals surface area contributed by atoms with Gasteiger partial charge in [-0.25, -0.2) is 4.39 Å². The molecule has 0 amide bonds. The molecule has 1 fully saturated rings. The zero-order valence-corrected chi connectivity index (χ0v) is 19.2. The van der Waals surface area contributed by atoms with E-state index < -0.39 is 5.82 Å². The number of ether oxygens (including phenoxy) is 1. The Morgan fingerprint density at radius 1 is 0.886 bits per heavy atom. The summed E-state index contributed by atoms with van der Waals surface area (Å²) >= 11 is 0. The molecule has 4 aromatic rings. The smallest absolute Gasteiger partial charge is 0.236 e. The lowest BCUT2D eigenvalue weighted by Gasteiger charge is -2.39. The van der Waals surface area contributed by atoms with Crippen molar-refractivity contribution in [3.63, 3.8) is 0 Å². The second-order valence-corrected chi connectivity index (χ2v) is 8.34. The number of benzene rings is 3. The maximum absolute atomic E-state index is 13.8. The molecule has 0 spiro atoms. The van der Waals surface area contributed by atoms with Crippen molar-refractivity contribution in [3.8, 4) is 11.8 Å². The second-order valence-electron chi connectivity index (χ2n) is 8.34. The van der Waals surface area contributed by atoms with Crippen LogP contribution in [0.4, 0.5) is 10.3 Å². The van der Waals surface area contributed by atoms with Gasteiger partial charge in [0, 0.05) is 26.2 Å².